The fourth-order valence-electron chi connectivity index (χ4n) is 2.02. The number of nitrogens with one attached hydrogen (secondary N) is 1. The zero-order valence-corrected chi connectivity index (χ0v) is 12.1. The van der Waals surface area contributed by atoms with E-state index < -0.39 is 17.3 Å². The van der Waals surface area contributed by atoms with Gasteiger partial charge in [0.25, 0.3) is 0 Å². The first-order valence-corrected chi connectivity index (χ1v) is 6.71. The maximum atomic E-state index is 12.6. The van der Waals surface area contributed by atoms with E-state index in [-0.39, 0.29) is 12.3 Å². The number of halogens is 3. The van der Waals surface area contributed by atoms with Crippen molar-refractivity contribution in [2.75, 3.05) is 0 Å². The Kier molecular flexibility index (Phi) is 5.42. The van der Waals surface area contributed by atoms with Crippen molar-refractivity contribution in [1.82, 2.24) is 5.32 Å². The Hall–Kier alpha value is -1.96. The number of carbonyl (C=O) groups excluding carboxylic acids is 1. The van der Waals surface area contributed by atoms with Crippen molar-refractivity contribution in [2.24, 2.45) is 0 Å². The summed E-state index contributed by atoms with van der Waals surface area (Å²) in [6.07, 6.45) is 2.02. The van der Waals surface area contributed by atoms with E-state index in [2.05, 4.69) is 11.2 Å². The summed E-state index contributed by atoms with van der Waals surface area (Å²) < 4.78 is 37.8. The number of carbonyl (C=O) groups is 1. The number of amides is 1. The van der Waals surface area contributed by atoms with Crippen molar-refractivity contribution in [3.05, 3.63) is 35.4 Å². The average Bonchev–Trinajstić information content (AvgIpc) is 2.44. The van der Waals surface area contributed by atoms with Crippen LogP contribution in [-0.4, -0.2) is 11.4 Å². The normalized spacial score (nSPS) is 11.8. The molecule has 0 aliphatic heterocycles. The Morgan fingerprint density at radius 1 is 1.29 bits per heavy atom. The van der Waals surface area contributed by atoms with Crippen LogP contribution >= 0.6 is 0 Å². The Morgan fingerprint density at radius 2 is 1.90 bits per heavy atom. The van der Waals surface area contributed by atoms with E-state index in [1.165, 1.54) is 12.1 Å². The fraction of sp³-hybridized carbons (Fsp3) is 0.438. The zero-order chi connectivity index (χ0) is 16.1. The minimum atomic E-state index is -4.41. The van der Waals surface area contributed by atoms with Crippen LogP contribution in [0.25, 0.3) is 0 Å². The van der Waals surface area contributed by atoms with Gasteiger partial charge in [-0.05, 0) is 24.5 Å². The molecule has 2 nitrogen and oxygen atoms in total. The molecule has 1 N–H and O–H groups in total. The SMILES string of the molecule is C#CC(CC)(CC)NC(=O)Cc1cccc(C(F)(F)F)c1. The summed E-state index contributed by atoms with van der Waals surface area (Å²) in [5.41, 5.74) is -1.19. The van der Waals surface area contributed by atoms with Crippen LogP contribution < -0.4 is 5.32 Å². The first-order chi connectivity index (χ1) is 9.76. The van der Waals surface area contributed by atoms with Gasteiger partial charge in [0.1, 0.15) is 5.54 Å². The first kappa shape index (κ1) is 17.1. The van der Waals surface area contributed by atoms with E-state index in [4.69, 9.17) is 6.42 Å². The molecule has 0 saturated heterocycles. The minimum Gasteiger partial charge on any atom is -0.340 e. The Labute approximate surface area is 122 Å². The summed E-state index contributed by atoms with van der Waals surface area (Å²) in [5.74, 6) is 2.18. The highest BCUT2D eigenvalue weighted by molar-refractivity contribution is 5.80. The van der Waals surface area contributed by atoms with Gasteiger partial charge in [0.15, 0.2) is 0 Å². The van der Waals surface area contributed by atoms with Crippen LogP contribution in [0.15, 0.2) is 24.3 Å². The van der Waals surface area contributed by atoms with Crippen molar-refractivity contribution < 1.29 is 18.0 Å². The maximum Gasteiger partial charge on any atom is 0.416 e. The number of hydrogen-bond donors (Lipinski definition) is 1. The van der Waals surface area contributed by atoms with Crippen LogP contribution in [0.2, 0.25) is 0 Å². The molecule has 0 saturated carbocycles. The molecule has 1 rings (SSSR count). The molecule has 0 spiro atoms. The monoisotopic (exact) mass is 297 g/mol. The summed E-state index contributed by atoms with van der Waals surface area (Å²) in [6.45, 7) is 3.71. The lowest BCUT2D eigenvalue weighted by Crippen LogP contribution is -2.47. The lowest BCUT2D eigenvalue weighted by Gasteiger charge is -2.27. The minimum absolute atomic E-state index is 0.132. The molecule has 114 valence electrons. The van der Waals surface area contributed by atoms with Gasteiger partial charge in [0.05, 0.1) is 12.0 Å². The molecular weight excluding hydrogens is 279 g/mol. The Morgan fingerprint density at radius 3 is 2.38 bits per heavy atom. The predicted molar refractivity (Wildman–Crippen MR) is 75.4 cm³/mol. The van der Waals surface area contributed by atoms with E-state index in [0.717, 1.165) is 12.1 Å². The van der Waals surface area contributed by atoms with Crippen LogP contribution in [0.3, 0.4) is 0 Å². The molecule has 0 fully saturated rings. The van der Waals surface area contributed by atoms with Gasteiger partial charge in [0, 0.05) is 0 Å². The van der Waals surface area contributed by atoms with Crippen molar-refractivity contribution in [1.29, 1.82) is 0 Å². The summed E-state index contributed by atoms with van der Waals surface area (Å²) in [7, 11) is 0. The second kappa shape index (κ2) is 6.66. The third-order valence-corrected chi connectivity index (χ3v) is 3.48. The van der Waals surface area contributed by atoms with Gasteiger partial charge in [-0.25, -0.2) is 0 Å². The van der Waals surface area contributed by atoms with E-state index in [1.807, 2.05) is 13.8 Å². The molecule has 5 heteroatoms. The summed E-state index contributed by atoms with van der Waals surface area (Å²) in [5, 5.41) is 2.73. The highest BCUT2D eigenvalue weighted by Crippen LogP contribution is 2.29. The van der Waals surface area contributed by atoms with Gasteiger partial charge in [-0.15, -0.1) is 6.42 Å². The second-order valence-electron chi connectivity index (χ2n) is 4.86. The third kappa shape index (κ3) is 4.52. The average molecular weight is 297 g/mol. The van der Waals surface area contributed by atoms with Crippen molar-refractivity contribution in [2.45, 2.75) is 44.8 Å². The molecule has 0 bridgehead atoms. The topological polar surface area (TPSA) is 29.1 Å². The number of benzene rings is 1. The highest BCUT2D eigenvalue weighted by atomic mass is 19.4. The summed E-state index contributed by atoms with van der Waals surface area (Å²) in [4.78, 5) is 12.0. The van der Waals surface area contributed by atoms with Crippen LogP contribution in [0.4, 0.5) is 13.2 Å². The quantitative estimate of drug-likeness (QED) is 0.827. The first-order valence-electron chi connectivity index (χ1n) is 6.71. The molecule has 1 amide bonds. The van der Waals surface area contributed by atoms with E-state index in [0.29, 0.717) is 18.4 Å². The number of rotatable bonds is 5. The number of alkyl halides is 3. The van der Waals surface area contributed by atoms with Gasteiger partial charge in [-0.1, -0.05) is 38.0 Å². The van der Waals surface area contributed by atoms with Crippen molar-refractivity contribution >= 4 is 5.91 Å². The highest BCUT2D eigenvalue weighted by Gasteiger charge is 2.30. The Bertz CT molecular complexity index is 539. The molecule has 21 heavy (non-hydrogen) atoms. The van der Waals surface area contributed by atoms with Gasteiger partial charge in [-0.3, -0.25) is 4.79 Å². The van der Waals surface area contributed by atoms with Gasteiger partial charge < -0.3 is 5.32 Å². The van der Waals surface area contributed by atoms with Gasteiger partial charge in [-0.2, -0.15) is 13.2 Å². The molecule has 0 heterocycles. The largest absolute Gasteiger partial charge is 0.416 e. The predicted octanol–water partition coefficient (Wildman–Crippen LogP) is 3.56. The second-order valence-corrected chi connectivity index (χ2v) is 4.86. The van der Waals surface area contributed by atoms with E-state index in [9.17, 15) is 18.0 Å². The van der Waals surface area contributed by atoms with Crippen molar-refractivity contribution in [3.63, 3.8) is 0 Å². The lowest BCUT2D eigenvalue weighted by molar-refractivity contribution is -0.137. The molecule has 0 aliphatic carbocycles. The fourth-order valence-corrected chi connectivity index (χ4v) is 2.02. The molecule has 0 aromatic heterocycles. The molecule has 1 aromatic carbocycles. The Balaban J connectivity index is 2.83. The smallest absolute Gasteiger partial charge is 0.340 e. The van der Waals surface area contributed by atoms with E-state index in [1.54, 1.807) is 0 Å². The molecule has 0 aliphatic rings. The standard InChI is InChI=1S/C16H18F3NO/c1-4-15(5-2,6-3)20-14(21)11-12-8-7-9-13(10-12)16(17,18)19/h1,7-10H,5-6,11H2,2-3H3,(H,20,21). The molecular formula is C16H18F3NO. The summed E-state index contributed by atoms with van der Waals surface area (Å²) in [6, 6.07) is 4.74. The molecule has 0 unspecified atom stereocenters. The number of terminal acetylenes is 1. The zero-order valence-electron chi connectivity index (χ0n) is 12.1. The molecule has 1 aromatic rings. The van der Waals surface area contributed by atoms with Gasteiger partial charge >= 0.3 is 6.18 Å². The van der Waals surface area contributed by atoms with Crippen LogP contribution in [-0.2, 0) is 17.4 Å². The molecule has 0 atom stereocenters. The van der Waals surface area contributed by atoms with Crippen molar-refractivity contribution in [3.8, 4) is 12.3 Å². The van der Waals surface area contributed by atoms with Crippen LogP contribution in [0, 0.1) is 12.3 Å². The summed E-state index contributed by atoms with van der Waals surface area (Å²) >= 11 is 0. The third-order valence-electron chi connectivity index (χ3n) is 3.48. The maximum absolute atomic E-state index is 12.6. The molecule has 0 radical (unpaired) electrons. The number of hydrogen-bond acceptors (Lipinski definition) is 1. The van der Waals surface area contributed by atoms with Gasteiger partial charge in [0.2, 0.25) is 5.91 Å². The van der Waals surface area contributed by atoms with E-state index >= 15 is 0 Å². The van der Waals surface area contributed by atoms with Crippen LogP contribution in [0.5, 0.6) is 0 Å². The van der Waals surface area contributed by atoms with Crippen LogP contribution in [0.1, 0.15) is 37.8 Å². The lowest BCUT2D eigenvalue weighted by atomic mass is 9.93.